The summed E-state index contributed by atoms with van der Waals surface area (Å²) in [6.07, 6.45) is 4.00. The van der Waals surface area contributed by atoms with E-state index in [1.807, 2.05) is 37.3 Å². The van der Waals surface area contributed by atoms with Gasteiger partial charge in [0.2, 0.25) is 5.89 Å². The van der Waals surface area contributed by atoms with Crippen molar-refractivity contribution in [3.8, 4) is 17.2 Å². The molecule has 0 saturated heterocycles. The highest BCUT2D eigenvalue weighted by Gasteiger charge is 2.20. The SMILES string of the molecule is Cc1oc(-c2ccccc2)nc1CCOc1ccc(C[C@@H](C(=O)O)n2cccc2)cc1F. The standard InChI is InChI=1S/C25H23FN2O4/c1-17-21(27-24(32-17)19-7-3-2-4-8-19)11-14-31-23-10-9-18(15-20(23)26)16-22(25(29)30)28-12-5-6-13-28/h2-10,12-13,15,22H,11,14,16H2,1H3,(H,29,30)/t22-/m0/s1. The minimum absolute atomic E-state index is 0.117. The van der Waals surface area contributed by atoms with Crippen molar-refractivity contribution in [3.05, 3.63) is 95.9 Å². The maximum absolute atomic E-state index is 14.6. The number of carboxylic acid groups (broad SMARTS) is 1. The fraction of sp³-hybridized carbons (Fsp3) is 0.200. The average molecular weight is 434 g/mol. The van der Waals surface area contributed by atoms with Gasteiger partial charge in [-0.05, 0) is 48.9 Å². The van der Waals surface area contributed by atoms with E-state index >= 15 is 0 Å². The number of benzene rings is 2. The molecule has 1 atom stereocenters. The summed E-state index contributed by atoms with van der Waals surface area (Å²) in [6.45, 7) is 2.08. The monoisotopic (exact) mass is 434 g/mol. The van der Waals surface area contributed by atoms with Crippen LogP contribution in [-0.4, -0.2) is 27.2 Å². The Morgan fingerprint density at radius 2 is 1.91 bits per heavy atom. The first-order chi connectivity index (χ1) is 15.5. The highest BCUT2D eigenvalue weighted by molar-refractivity contribution is 5.72. The van der Waals surface area contributed by atoms with E-state index in [0.717, 1.165) is 11.3 Å². The first-order valence-electron chi connectivity index (χ1n) is 10.3. The van der Waals surface area contributed by atoms with Crippen molar-refractivity contribution in [2.45, 2.75) is 25.8 Å². The molecule has 0 spiro atoms. The number of halogens is 1. The van der Waals surface area contributed by atoms with Crippen molar-refractivity contribution >= 4 is 5.97 Å². The second-order valence-corrected chi connectivity index (χ2v) is 7.44. The Balaban J connectivity index is 1.37. The molecule has 2 aromatic carbocycles. The van der Waals surface area contributed by atoms with E-state index in [4.69, 9.17) is 9.15 Å². The van der Waals surface area contributed by atoms with Gasteiger partial charge in [-0.3, -0.25) is 0 Å². The Morgan fingerprint density at radius 1 is 1.16 bits per heavy atom. The number of aliphatic carboxylic acids is 1. The molecule has 4 rings (SSSR count). The number of oxazole rings is 1. The second kappa shape index (κ2) is 9.51. The van der Waals surface area contributed by atoms with Crippen molar-refractivity contribution in [2.75, 3.05) is 6.61 Å². The molecule has 4 aromatic rings. The summed E-state index contributed by atoms with van der Waals surface area (Å²) in [6, 6.07) is 16.9. The van der Waals surface area contributed by atoms with Crippen LogP contribution in [-0.2, 0) is 17.6 Å². The lowest BCUT2D eigenvalue weighted by atomic mass is 10.1. The molecular weight excluding hydrogens is 411 g/mol. The predicted octanol–water partition coefficient (Wildman–Crippen LogP) is 5.08. The fourth-order valence-corrected chi connectivity index (χ4v) is 3.51. The lowest BCUT2D eigenvalue weighted by Gasteiger charge is -2.15. The lowest BCUT2D eigenvalue weighted by molar-refractivity contribution is -0.140. The number of hydrogen-bond donors (Lipinski definition) is 1. The van der Waals surface area contributed by atoms with E-state index in [0.29, 0.717) is 23.6 Å². The number of carbonyl (C=O) groups is 1. The van der Waals surface area contributed by atoms with Crippen LogP contribution in [0.25, 0.3) is 11.5 Å². The van der Waals surface area contributed by atoms with Gasteiger partial charge in [-0.2, -0.15) is 0 Å². The number of rotatable bonds is 9. The van der Waals surface area contributed by atoms with Crippen LogP contribution in [0.4, 0.5) is 4.39 Å². The largest absolute Gasteiger partial charge is 0.490 e. The molecule has 0 amide bonds. The zero-order chi connectivity index (χ0) is 22.5. The summed E-state index contributed by atoms with van der Waals surface area (Å²) in [5.41, 5.74) is 2.23. The molecule has 164 valence electrons. The van der Waals surface area contributed by atoms with E-state index in [9.17, 15) is 14.3 Å². The minimum atomic E-state index is -0.972. The van der Waals surface area contributed by atoms with Gasteiger partial charge in [-0.1, -0.05) is 24.3 Å². The lowest BCUT2D eigenvalue weighted by Crippen LogP contribution is -2.20. The van der Waals surface area contributed by atoms with Gasteiger partial charge in [0.05, 0.1) is 12.3 Å². The van der Waals surface area contributed by atoms with Crippen LogP contribution in [0.15, 0.2) is 77.5 Å². The van der Waals surface area contributed by atoms with Crippen molar-refractivity contribution < 1.29 is 23.4 Å². The Kier molecular flexibility index (Phi) is 6.35. The van der Waals surface area contributed by atoms with E-state index < -0.39 is 17.8 Å². The average Bonchev–Trinajstić information content (AvgIpc) is 3.44. The smallest absolute Gasteiger partial charge is 0.327 e. The fourth-order valence-electron chi connectivity index (χ4n) is 3.51. The third kappa shape index (κ3) is 4.88. The number of aromatic nitrogens is 2. The van der Waals surface area contributed by atoms with Crippen molar-refractivity contribution in [3.63, 3.8) is 0 Å². The molecule has 0 aliphatic heterocycles. The molecule has 0 aliphatic rings. The van der Waals surface area contributed by atoms with Crippen LogP contribution in [0.2, 0.25) is 0 Å². The summed E-state index contributed by atoms with van der Waals surface area (Å²) in [4.78, 5) is 16.1. The molecule has 0 aliphatic carbocycles. The van der Waals surface area contributed by atoms with Gasteiger partial charge in [0.1, 0.15) is 11.8 Å². The zero-order valence-electron chi connectivity index (χ0n) is 17.6. The molecule has 7 heteroatoms. The molecule has 32 heavy (non-hydrogen) atoms. The van der Waals surface area contributed by atoms with E-state index in [2.05, 4.69) is 4.98 Å². The van der Waals surface area contributed by atoms with Crippen LogP contribution in [0.5, 0.6) is 5.75 Å². The second-order valence-electron chi connectivity index (χ2n) is 7.44. The minimum Gasteiger partial charge on any atom is -0.490 e. The Morgan fingerprint density at radius 3 is 2.59 bits per heavy atom. The molecule has 2 heterocycles. The summed E-state index contributed by atoms with van der Waals surface area (Å²) < 4.78 is 27.5. The maximum atomic E-state index is 14.6. The predicted molar refractivity (Wildman–Crippen MR) is 117 cm³/mol. The van der Waals surface area contributed by atoms with Crippen molar-refractivity contribution in [1.82, 2.24) is 9.55 Å². The van der Waals surface area contributed by atoms with Crippen molar-refractivity contribution in [1.29, 1.82) is 0 Å². The van der Waals surface area contributed by atoms with Gasteiger partial charge >= 0.3 is 5.97 Å². The molecule has 6 nitrogen and oxygen atoms in total. The van der Waals surface area contributed by atoms with E-state index in [1.54, 1.807) is 35.2 Å². The normalized spacial score (nSPS) is 11.9. The summed E-state index contributed by atoms with van der Waals surface area (Å²) in [5, 5.41) is 9.50. The molecule has 0 unspecified atom stereocenters. The van der Waals surface area contributed by atoms with Crippen molar-refractivity contribution in [2.24, 2.45) is 0 Å². The summed E-state index contributed by atoms with van der Waals surface area (Å²) in [5.74, 6) is -0.135. The molecular formula is C25H23FN2O4. The molecule has 0 radical (unpaired) electrons. The Bertz CT molecular complexity index is 1190. The van der Waals surface area contributed by atoms with Gasteiger partial charge in [0.15, 0.2) is 11.6 Å². The van der Waals surface area contributed by atoms with Crippen LogP contribution >= 0.6 is 0 Å². The number of carboxylic acids is 1. The molecule has 1 N–H and O–H groups in total. The molecule has 0 fully saturated rings. The van der Waals surface area contributed by atoms with E-state index in [1.165, 1.54) is 12.1 Å². The third-order valence-electron chi connectivity index (χ3n) is 5.21. The van der Waals surface area contributed by atoms with Gasteiger partial charge in [0, 0.05) is 30.8 Å². The maximum Gasteiger partial charge on any atom is 0.327 e. The Hall–Kier alpha value is -3.87. The molecule has 0 bridgehead atoms. The highest BCUT2D eigenvalue weighted by Crippen LogP contribution is 2.24. The third-order valence-corrected chi connectivity index (χ3v) is 5.21. The number of ether oxygens (including phenoxy) is 1. The van der Waals surface area contributed by atoms with Gasteiger partial charge in [0.25, 0.3) is 0 Å². The van der Waals surface area contributed by atoms with Crippen LogP contribution in [0, 0.1) is 12.7 Å². The van der Waals surface area contributed by atoms with Crippen LogP contribution in [0.3, 0.4) is 0 Å². The van der Waals surface area contributed by atoms with Gasteiger partial charge < -0.3 is 18.8 Å². The summed E-state index contributed by atoms with van der Waals surface area (Å²) >= 11 is 0. The first-order valence-corrected chi connectivity index (χ1v) is 10.3. The first kappa shape index (κ1) is 21.4. The number of nitrogens with zero attached hydrogens (tertiary/aromatic N) is 2. The number of aryl methyl sites for hydroxylation is 1. The van der Waals surface area contributed by atoms with Gasteiger partial charge in [-0.15, -0.1) is 0 Å². The highest BCUT2D eigenvalue weighted by atomic mass is 19.1. The molecule has 2 aromatic heterocycles. The zero-order valence-corrected chi connectivity index (χ0v) is 17.6. The quantitative estimate of drug-likeness (QED) is 0.397. The summed E-state index contributed by atoms with van der Waals surface area (Å²) in [7, 11) is 0. The van der Waals surface area contributed by atoms with E-state index in [-0.39, 0.29) is 18.8 Å². The van der Waals surface area contributed by atoms with Gasteiger partial charge in [-0.25, -0.2) is 14.2 Å². The molecule has 0 saturated carbocycles. The Labute approximate surface area is 184 Å². The topological polar surface area (TPSA) is 77.5 Å². The van der Waals surface area contributed by atoms with Crippen LogP contribution < -0.4 is 4.74 Å². The van der Waals surface area contributed by atoms with Crippen LogP contribution in [0.1, 0.15) is 23.1 Å². The number of hydrogen-bond acceptors (Lipinski definition) is 4.